The van der Waals surface area contributed by atoms with Gasteiger partial charge in [-0.05, 0) is 42.7 Å². The summed E-state index contributed by atoms with van der Waals surface area (Å²) in [7, 11) is 0. The third kappa shape index (κ3) is 1.80. The number of ketones is 1. The number of fused-ring (bicyclic) bond motifs is 2. The van der Waals surface area contributed by atoms with Crippen molar-refractivity contribution in [2.45, 2.75) is 32.1 Å². The number of hydrogen-bond acceptors (Lipinski definition) is 2. The van der Waals surface area contributed by atoms with Gasteiger partial charge in [-0.2, -0.15) is 0 Å². The number of benzene rings is 1. The molecule has 1 heterocycles. The second kappa shape index (κ2) is 4.44. The van der Waals surface area contributed by atoms with E-state index in [1.54, 1.807) is 0 Å². The Hall–Kier alpha value is -1.64. The van der Waals surface area contributed by atoms with Gasteiger partial charge in [-0.25, -0.2) is 0 Å². The summed E-state index contributed by atoms with van der Waals surface area (Å²) in [5.74, 6) is 1.72. The van der Waals surface area contributed by atoms with Crippen molar-refractivity contribution in [3.05, 3.63) is 34.9 Å². The molecule has 2 unspecified atom stereocenters. The molecule has 1 aromatic rings. The average Bonchev–Trinajstić information content (AvgIpc) is 3.21. The molecule has 0 aromatic heterocycles. The van der Waals surface area contributed by atoms with Gasteiger partial charge in [0, 0.05) is 23.6 Å². The van der Waals surface area contributed by atoms with E-state index >= 15 is 0 Å². The van der Waals surface area contributed by atoms with E-state index in [2.05, 4.69) is 5.32 Å². The predicted molar refractivity (Wildman–Crippen MR) is 75.7 cm³/mol. The minimum absolute atomic E-state index is 0.0332. The molecule has 104 valence electrons. The zero-order valence-electron chi connectivity index (χ0n) is 11.5. The minimum Gasteiger partial charge on any atom is -0.352 e. The zero-order chi connectivity index (χ0) is 13.7. The van der Waals surface area contributed by atoms with Crippen LogP contribution in [0.5, 0.6) is 0 Å². The number of nitrogens with one attached hydrogen (secondary N) is 1. The molecule has 0 spiro atoms. The maximum absolute atomic E-state index is 12.6. The number of hydrogen-bond donors (Lipinski definition) is 1. The predicted octanol–water partition coefficient (Wildman–Crippen LogP) is 2.59. The number of carbonyl (C=O) groups excluding carboxylic acids is 2. The highest BCUT2D eigenvalue weighted by Crippen LogP contribution is 2.56. The standard InChI is InChI=1S/C17H19NO2/c19-16(15-12-3-1-2-4-13(12)15)11-6-5-10-7-8-18-17(20)14(10)9-11/h5-6,9,12-13,15H,1-4,7-8H2,(H,18,20). The molecule has 4 rings (SSSR count). The maximum Gasteiger partial charge on any atom is 0.251 e. The van der Waals surface area contributed by atoms with Gasteiger partial charge in [0.05, 0.1) is 0 Å². The van der Waals surface area contributed by atoms with Gasteiger partial charge in [0.1, 0.15) is 0 Å². The summed E-state index contributed by atoms with van der Waals surface area (Å²) in [5, 5.41) is 2.85. The van der Waals surface area contributed by atoms with Gasteiger partial charge in [-0.3, -0.25) is 9.59 Å². The van der Waals surface area contributed by atoms with Crippen molar-refractivity contribution in [3.63, 3.8) is 0 Å². The number of amides is 1. The van der Waals surface area contributed by atoms with Crippen molar-refractivity contribution in [2.24, 2.45) is 17.8 Å². The molecule has 20 heavy (non-hydrogen) atoms. The van der Waals surface area contributed by atoms with E-state index in [1.165, 1.54) is 25.7 Å². The molecule has 0 saturated heterocycles. The Balaban J connectivity index is 1.61. The van der Waals surface area contributed by atoms with Crippen LogP contribution in [0.25, 0.3) is 0 Å². The Bertz CT molecular complexity index is 581. The van der Waals surface area contributed by atoms with E-state index in [9.17, 15) is 9.59 Å². The highest BCUT2D eigenvalue weighted by Gasteiger charge is 2.54. The lowest BCUT2D eigenvalue weighted by atomic mass is 9.95. The van der Waals surface area contributed by atoms with Gasteiger partial charge in [0.2, 0.25) is 0 Å². The van der Waals surface area contributed by atoms with Crippen molar-refractivity contribution in [1.29, 1.82) is 0 Å². The van der Waals surface area contributed by atoms with Crippen LogP contribution in [0.2, 0.25) is 0 Å². The molecule has 0 radical (unpaired) electrons. The van der Waals surface area contributed by atoms with E-state index in [-0.39, 0.29) is 17.6 Å². The topological polar surface area (TPSA) is 46.2 Å². The summed E-state index contributed by atoms with van der Waals surface area (Å²) in [6, 6.07) is 5.70. The third-order valence-corrected chi connectivity index (χ3v) is 5.28. The second-order valence-corrected chi connectivity index (χ2v) is 6.38. The second-order valence-electron chi connectivity index (χ2n) is 6.38. The van der Waals surface area contributed by atoms with Crippen molar-refractivity contribution in [1.82, 2.24) is 5.32 Å². The first-order chi connectivity index (χ1) is 9.75. The lowest BCUT2D eigenvalue weighted by molar-refractivity contribution is 0.0946. The van der Waals surface area contributed by atoms with Crippen LogP contribution in [0, 0.1) is 17.8 Å². The molecule has 1 amide bonds. The molecule has 2 atom stereocenters. The van der Waals surface area contributed by atoms with Crippen molar-refractivity contribution < 1.29 is 9.59 Å². The Morgan fingerprint density at radius 2 is 1.90 bits per heavy atom. The quantitative estimate of drug-likeness (QED) is 0.839. The summed E-state index contributed by atoms with van der Waals surface area (Å²) in [6.45, 7) is 0.700. The summed E-state index contributed by atoms with van der Waals surface area (Å²) < 4.78 is 0. The van der Waals surface area contributed by atoms with Gasteiger partial charge < -0.3 is 5.32 Å². The smallest absolute Gasteiger partial charge is 0.251 e. The number of carbonyl (C=O) groups is 2. The molecule has 2 saturated carbocycles. The van der Waals surface area contributed by atoms with E-state index in [0.29, 0.717) is 23.9 Å². The van der Waals surface area contributed by atoms with E-state index in [4.69, 9.17) is 0 Å². The van der Waals surface area contributed by atoms with Gasteiger partial charge in [0.25, 0.3) is 5.91 Å². The Morgan fingerprint density at radius 3 is 2.65 bits per heavy atom. The van der Waals surface area contributed by atoms with Gasteiger partial charge in [0.15, 0.2) is 5.78 Å². The van der Waals surface area contributed by atoms with Crippen molar-refractivity contribution in [2.75, 3.05) is 6.54 Å². The molecular formula is C17H19NO2. The van der Waals surface area contributed by atoms with Gasteiger partial charge >= 0.3 is 0 Å². The molecule has 1 aromatic carbocycles. The first kappa shape index (κ1) is 12.1. The summed E-state index contributed by atoms with van der Waals surface area (Å²) in [6.07, 6.45) is 5.85. The van der Waals surface area contributed by atoms with Crippen LogP contribution in [0.4, 0.5) is 0 Å². The minimum atomic E-state index is -0.0332. The summed E-state index contributed by atoms with van der Waals surface area (Å²) >= 11 is 0. The fraction of sp³-hybridized carbons (Fsp3) is 0.529. The SMILES string of the molecule is O=C1NCCc2ccc(C(=O)C3C4CCCCC43)cc21. The fourth-order valence-electron chi connectivity index (χ4n) is 4.14. The summed E-state index contributed by atoms with van der Waals surface area (Å²) in [4.78, 5) is 24.5. The molecule has 0 bridgehead atoms. The lowest BCUT2D eigenvalue weighted by Crippen LogP contribution is -2.32. The molecule has 2 fully saturated rings. The van der Waals surface area contributed by atoms with Crippen LogP contribution in [-0.2, 0) is 6.42 Å². The van der Waals surface area contributed by atoms with Crippen molar-refractivity contribution in [3.8, 4) is 0 Å². The number of rotatable bonds is 2. The van der Waals surface area contributed by atoms with E-state index in [1.807, 2.05) is 18.2 Å². The van der Waals surface area contributed by atoms with Crippen LogP contribution < -0.4 is 5.32 Å². The highest BCUT2D eigenvalue weighted by atomic mass is 16.1. The first-order valence-corrected chi connectivity index (χ1v) is 7.71. The molecule has 3 aliphatic rings. The molecule has 1 aliphatic heterocycles. The molecule has 2 aliphatic carbocycles. The molecular weight excluding hydrogens is 250 g/mol. The Labute approximate surface area is 118 Å². The molecule has 1 N–H and O–H groups in total. The monoisotopic (exact) mass is 269 g/mol. The first-order valence-electron chi connectivity index (χ1n) is 7.71. The highest BCUT2D eigenvalue weighted by molar-refractivity contribution is 6.04. The van der Waals surface area contributed by atoms with Crippen LogP contribution >= 0.6 is 0 Å². The van der Waals surface area contributed by atoms with E-state index < -0.39 is 0 Å². The molecule has 3 heteroatoms. The average molecular weight is 269 g/mol. The fourth-order valence-corrected chi connectivity index (χ4v) is 4.14. The largest absolute Gasteiger partial charge is 0.352 e. The summed E-state index contributed by atoms with van der Waals surface area (Å²) in [5.41, 5.74) is 2.50. The van der Waals surface area contributed by atoms with Crippen LogP contribution in [0.3, 0.4) is 0 Å². The Kier molecular flexibility index (Phi) is 2.69. The zero-order valence-corrected chi connectivity index (χ0v) is 11.5. The third-order valence-electron chi connectivity index (χ3n) is 5.28. The van der Waals surface area contributed by atoms with Crippen molar-refractivity contribution >= 4 is 11.7 Å². The Morgan fingerprint density at radius 1 is 1.15 bits per heavy atom. The maximum atomic E-state index is 12.6. The van der Waals surface area contributed by atoms with E-state index in [0.717, 1.165) is 17.5 Å². The number of Topliss-reactive ketones (excluding diaryl/α,β-unsaturated/α-hetero) is 1. The van der Waals surface area contributed by atoms with Crippen LogP contribution in [0.15, 0.2) is 18.2 Å². The van der Waals surface area contributed by atoms with Crippen LogP contribution in [-0.4, -0.2) is 18.2 Å². The molecule has 3 nitrogen and oxygen atoms in total. The lowest BCUT2D eigenvalue weighted by Gasteiger charge is -2.16. The normalized spacial score (nSPS) is 31.0. The van der Waals surface area contributed by atoms with Gasteiger partial charge in [-0.15, -0.1) is 0 Å². The van der Waals surface area contributed by atoms with Gasteiger partial charge in [-0.1, -0.05) is 25.0 Å². The van der Waals surface area contributed by atoms with Crippen LogP contribution in [0.1, 0.15) is 52.0 Å².